The van der Waals surface area contributed by atoms with Crippen molar-refractivity contribution in [3.8, 4) is 0 Å². The van der Waals surface area contributed by atoms with Gasteiger partial charge in [0, 0.05) is 35.5 Å². The third kappa shape index (κ3) is 5.06. The average Bonchev–Trinajstić information content (AvgIpc) is 2.88. The predicted molar refractivity (Wildman–Crippen MR) is 78.2 cm³/mol. The maximum atomic E-state index is 8.80. The Labute approximate surface area is 117 Å². The molecule has 0 saturated carbocycles. The Morgan fingerprint density at radius 1 is 1.26 bits per heavy atom. The molecule has 5 heteroatoms. The minimum atomic E-state index is 0.127. The number of benzene rings is 1. The summed E-state index contributed by atoms with van der Waals surface area (Å²) >= 11 is 1.85. The summed E-state index contributed by atoms with van der Waals surface area (Å²) in [6, 6.07) is 10.4. The van der Waals surface area contributed by atoms with E-state index in [1.807, 2.05) is 30.2 Å². The maximum absolute atomic E-state index is 8.80. The monoisotopic (exact) mass is 277 g/mol. The number of nitrogens with zero attached hydrogens (tertiary/aromatic N) is 2. The molecule has 0 fully saturated rings. The molecular weight excluding hydrogens is 258 g/mol. The van der Waals surface area contributed by atoms with Gasteiger partial charge in [-0.3, -0.25) is 4.68 Å². The van der Waals surface area contributed by atoms with Gasteiger partial charge in [-0.1, -0.05) is 18.2 Å². The van der Waals surface area contributed by atoms with E-state index in [0.717, 1.165) is 24.4 Å². The second-order valence-corrected chi connectivity index (χ2v) is 5.34. The highest BCUT2D eigenvalue weighted by atomic mass is 32.2. The van der Waals surface area contributed by atoms with Crippen molar-refractivity contribution in [1.29, 1.82) is 0 Å². The summed E-state index contributed by atoms with van der Waals surface area (Å²) in [5.74, 6) is 1.05. The molecule has 0 aliphatic carbocycles. The molecule has 1 aromatic heterocycles. The predicted octanol–water partition coefficient (Wildman–Crippen LogP) is 1.76. The molecule has 2 aromatic rings. The SMILES string of the molecule is OCCn1cc(CNCCSc2ccccc2)cn1. The second-order valence-electron chi connectivity index (χ2n) is 4.17. The zero-order valence-corrected chi connectivity index (χ0v) is 11.6. The van der Waals surface area contributed by atoms with Gasteiger partial charge in [-0.15, -0.1) is 11.8 Å². The summed E-state index contributed by atoms with van der Waals surface area (Å²) in [5.41, 5.74) is 1.15. The minimum Gasteiger partial charge on any atom is -0.394 e. The molecule has 1 heterocycles. The first-order valence-corrected chi connectivity index (χ1v) is 7.38. The van der Waals surface area contributed by atoms with Crippen molar-refractivity contribution in [2.24, 2.45) is 0 Å². The Balaban J connectivity index is 1.61. The van der Waals surface area contributed by atoms with Crippen LogP contribution >= 0.6 is 11.8 Å². The zero-order valence-electron chi connectivity index (χ0n) is 10.8. The van der Waals surface area contributed by atoms with Crippen LogP contribution in [0.25, 0.3) is 0 Å². The van der Waals surface area contributed by atoms with E-state index in [1.54, 1.807) is 4.68 Å². The van der Waals surface area contributed by atoms with Gasteiger partial charge in [0.2, 0.25) is 0 Å². The van der Waals surface area contributed by atoms with Crippen molar-refractivity contribution in [3.05, 3.63) is 48.3 Å². The summed E-state index contributed by atoms with van der Waals surface area (Å²) in [7, 11) is 0. The Kier molecular flexibility index (Phi) is 5.94. The molecule has 0 aliphatic rings. The van der Waals surface area contributed by atoms with E-state index < -0.39 is 0 Å². The number of nitrogens with one attached hydrogen (secondary N) is 1. The van der Waals surface area contributed by atoms with Crippen molar-refractivity contribution >= 4 is 11.8 Å². The quantitative estimate of drug-likeness (QED) is 0.570. The van der Waals surface area contributed by atoms with E-state index in [9.17, 15) is 0 Å². The Hall–Kier alpha value is -1.30. The summed E-state index contributed by atoms with van der Waals surface area (Å²) in [6.07, 6.45) is 3.81. The van der Waals surface area contributed by atoms with Crippen LogP contribution < -0.4 is 5.32 Å². The van der Waals surface area contributed by atoms with Crippen LogP contribution in [0.1, 0.15) is 5.56 Å². The van der Waals surface area contributed by atoms with Crippen LogP contribution in [0, 0.1) is 0 Å². The Morgan fingerprint density at radius 3 is 2.89 bits per heavy atom. The molecule has 0 unspecified atom stereocenters. The van der Waals surface area contributed by atoms with Crippen molar-refractivity contribution < 1.29 is 5.11 Å². The number of thioether (sulfide) groups is 1. The van der Waals surface area contributed by atoms with E-state index in [4.69, 9.17) is 5.11 Å². The molecule has 0 atom stereocenters. The van der Waals surface area contributed by atoms with E-state index in [1.165, 1.54) is 4.90 Å². The van der Waals surface area contributed by atoms with Gasteiger partial charge in [0.15, 0.2) is 0 Å². The summed E-state index contributed by atoms with van der Waals surface area (Å²) in [4.78, 5) is 1.31. The van der Waals surface area contributed by atoms with Crippen LogP contribution in [-0.4, -0.2) is 33.8 Å². The topological polar surface area (TPSA) is 50.1 Å². The van der Waals surface area contributed by atoms with Gasteiger partial charge in [0.25, 0.3) is 0 Å². The van der Waals surface area contributed by atoms with Crippen molar-refractivity contribution in [2.45, 2.75) is 18.0 Å². The molecule has 0 spiro atoms. The first kappa shape index (κ1) is 14.1. The molecule has 1 aromatic carbocycles. The number of hydrogen-bond donors (Lipinski definition) is 2. The highest BCUT2D eigenvalue weighted by Crippen LogP contribution is 2.15. The fourth-order valence-corrected chi connectivity index (χ4v) is 2.54. The largest absolute Gasteiger partial charge is 0.394 e. The Morgan fingerprint density at radius 2 is 2.11 bits per heavy atom. The van der Waals surface area contributed by atoms with E-state index in [0.29, 0.717) is 6.54 Å². The molecule has 4 nitrogen and oxygen atoms in total. The van der Waals surface area contributed by atoms with Crippen LogP contribution in [0.15, 0.2) is 47.6 Å². The van der Waals surface area contributed by atoms with Gasteiger partial charge in [0.05, 0.1) is 19.3 Å². The smallest absolute Gasteiger partial charge is 0.0640 e. The van der Waals surface area contributed by atoms with Gasteiger partial charge in [-0.2, -0.15) is 5.10 Å². The lowest BCUT2D eigenvalue weighted by molar-refractivity contribution is 0.269. The molecular formula is C14H19N3OS. The fraction of sp³-hybridized carbons (Fsp3) is 0.357. The highest BCUT2D eigenvalue weighted by molar-refractivity contribution is 7.99. The molecule has 2 rings (SSSR count). The zero-order chi connectivity index (χ0) is 13.3. The third-order valence-electron chi connectivity index (χ3n) is 2.64. The summed E-state index contributed by atoms with van der Waals surface area (Å²) < 4.78 is 1.76. The van der Waals surface area contributed by atoms with Crippen LogP contribution in [0.5, 0.6) is 0 Å². The molecule has 102 valence electrons. The molecule has 0 bridgehead atoms. The standard InChI is InChI=1S/C14H19N3OS/c18-8-7-17-12-13(11-16-17)10-15-6-9-19-14-4-2-1-3-5-14/h1-5,11-12,15,18H,6-10H2. The third-order valence-corrected chi connectivity index (χ3v) is 3.65. The number of aromatic nitrogens is 2. The van der Waals surface area contributed by atoms with Crippen LogP contribution in [-0.2, 0) is 13.1 Å². The first-order chi connectivity index (χ1) is 9.38. The lowest BCUT2D eigenvalue weighted by atomic mass is 10.3. The van der Waals surface area contributed by atoms with Gasteiger partial charge in [-0.25, -0.2) is 0 Å². The summed E-state index contributed by atoms with van der Waals surface area (Å²) in [6.45, 7) is 2.47. The fourth-order valence-electron chi connectivity index (χ4n) is 1.71. The van der Waals surface area contributed by atoms with E-state index >= 15 is 0 Å². The molecule has 0 radical (unpaired) electrons. The normalized spacial score (nSPS) is 10.8. The number of rotatable bonds is 8. The number of hydrogen-bond acceptors (Lipinski definition) is 4. The summed E-state index contributed by atoms with van der Waals surface area (Å²) in [5, 5.41) is 16.4. The van der Waals surface area contributed by atoms with Crippen LogP contribution in [0.4, 0.5) is 0 Å². The highest BCUT2D eigenvalue weighted by Gasteiger charge is 1.98. The van der Waals surface area contributed by atoms with Gasteiger partial charge in [0.1, 0.15) is 0 Å². The number of aliphatic hydroxyl groups is 1. The van der Waals surface area contributed by atoms with Crippen LogP contribution in [0.3, 0.4) is 0 Å². The molecule has 0 saturated heterocycles. The van der Waals surface area contributed by atoms with Crippen LogP contribution in [0.2, 0.25) is 0 Å². The molecule has 19 heavy (non-hydrogen) atoms. The molecule has 0 aliphatic heterocycles. The average molecular weight is 277 g/mol. The van der Waals surface area contributed by atoms with E-state index in [2.05, 4.69) is 34.7 Å². The van der Waals surface area contributed by atoms with Gasteiger partial charge in [-0.05, 0) is 12.1 Å². The van der Waals surface area contributed by atoms with Crippen molar-refractivity contribution in [3.63, 3.8) is 0 Å². The first-order valence-electron chi connectivity index (χ1n) is 6.39. The molecule has 0 amide bonds. The van der Waals surface area contributed by atoms with Crippen molar-refractivity contribution in [1.82, 2.24) is 15.1 Å². The van der Waals surface area contributed by atoms with E-state index in [-0.39, 0.29) is 6.61 Å². The lowest BCUT2D eigenvalue weighted by Gasteiger charge is -2.03. The van der Waals surface area contributed by atoms with Gasteiger partial charge >= 0.3 is 0 Å². The number of aliphatic hydroxyl groups excluding tert-OH is 1. The second kappa shape index (κ2) is 7.99. The Bertz CT molecular complexity index is 473. The lowest BCUT2D eigenvalue weighted by Crippen LogP contribution is -2.16. The van der Waals surface area contributed by atoms with Gasteiger partial charge < -0.3 is 10.4 Å². The minimum absolute atomic E-state index is 0.127. The molecule has 2 N–H and O–H groups in total. The maximum Gasteiger partial charge on any atom is 0.0640 e. The van der Waals surface area contributed by atoms with Crippen molar-refractivity contribution in [2.75, 3.05) is 18.9 Å².